The second-order valence-corrected chi connectivity index (χ2v) is 4.48. The molecule has 0 saturated carbocycles. The molecule has 2 heterocycles. The summed E-state index contributed by atoms with van der Waals surface area (Å²) >= 11 is 3.38. The van der Waals surface area contributed by atoms with Crippen molar-refractivity contribution in [2.45, 2.75) is 0 Å². The van der Waals surface area contributed by atoms with Gasteiger partial charge in [0.15, 0.2) is 0 Å². The Morgan fingerprint density at radius 2 is 2.00 bits per heavy atom. The molecule has 0 aliphatic heterocycles. The number of fused-ring (bicyclic) bond motifs is 1. The van der Waals surface area contributed by atoms with Crippen LogP contribution in [-0.2, 0) is 0 Å². The maximum Gasteiger partial charge on any atom is 0.135 e. The summed E-state index contributed by atoms with van der Waals surface area (Å²) in [6.07, 6.45) is 5.34. The standard InChI is InChI=1S/C13H8BrNO/c14-12-6-13(16-8-12)10-1-2-11-7-15-4-3-9(11)5-10/h1-8H. The molecular formula is C13H8BrNO. The van der Waals surface area contributed by atoms with Gasteiger partial charge in [0.25, 0.3) is 0 Å². The topological polar surface area (TPSA) is 26.0 Å². The van der Waals surface area contributed by atoms with Crippen LogP contribution in [0.3, 0.4) is 0 Å². The van der Waals surface area contributed by atoms with Crippen LogP contribution in [-0.4, -0.2) is 4.98 Å². The fraction of sp³-hybridized carbons (Fsp3) is 0. The largest absolute Gasteiger partial charge is 0.463 e. The van der Waals surface area contributed by atoms with E-state index in [1.807, 2.05) is 30.5 Å². The van der Waals surface area contributed by atoms with Gasteiger partial charge in [-0.05, 0) is 39.5 Å². The molecule has 16 heavy (non-hydrogen) atoms. The average Bonchev–Trinajstić information content (AvgIpc) is 2.75. The second kappa shape index (κ2) is 3.76. The SMILES string of the molecule is Brc1coc(-c2ccc3cnccc3c2)c1. The lowest BCUT2D eigenvalue weighted by molar-refractivity contribution is 0.581. The third-order valence-corrected chi connectivity index (χ3v) is 2.91. The number of nitrogens with zero attached hydrogens (tertiary/aromatic N) is 1. The van der Waals surface area contributed by atoms with E-state index in [9.17, 15) is 0 Å². The van der Waals surface area contributed by atoms with Gasteiger partial charge in [0.05, 0.1) is 4.47 Å². The van der Waals surface area contributed by atoms with Crippen molar-refractivity contribution in [3.63, 3.8) is 0 Å². The molecule has 0 spiro atoms. The van der Waals surface area contributed by atoms with Crippen LogP contribution < -0.4 is 0 Å². The van der Waals surface area contributed by atoms with Gasteiger partial charge in [-0.15, -0.1) is 0 Å². The number of pyridine rings is 1. The molecule has 0 fully saturated rings. The summed E-state index contributed by atoms with van der Waals surface area (Å²) in [6.45, 7) is 0. The number of halogens is 1. The molecule has 0 saturated heterocycles. The normalized spacial score (nSPS) is 10.8. The Balaban J connectivity index is 2.18. The number of hydrogen-bond donors (Lipinski definition) is 0. The maximum atomic E-state index is 5.44. The predicted molar refractivity (Wildman–Crippen MR) is 67.1 cm³/mol. The van der Waals surface area contributed by atoms with Gasteiger partial charge in [-0.3, -0.25) is 4.98 Å². The van der Waals surface area contributed by atoms with Crippen molar-refractivity contribution in [1.82, 2.24) is 4.98 Å². The summed E-state index contributed by atoms with van der Waals surface area (Å²) in [5, 5.41) is 2.30. The van der Waals surface area contributed by atoms with E-state index in [1.165, 1.54) is 5.39 Å². The molecular weight excluding hydrogens is 266 g/mol. The van der Waals surface area contributed by atoms with E-state index in [4.69, 9.17) is 4.42 Å². The smallest absolute Gasteiger partial charge is 0.135 e. The summed E-state index contributed by atoms with van der Waals surface area (Å²) < 4.78 is 6.39. The lowest BCUT2D eigenvalue weighted by Gasteiger charge is -1.99. The van der Waals surface area contributed by atoms with Crippen molar-refractivity contribution < 1.29 is 4.42 Å². The lowest BCUT2D eigenvalue weighted by Crippen LogP contribution is -1.77. The second-order valence-electron chi connectivity index (χ2n) is 3.57. The van der Waals surface area contributed by atoms with Crippen LogP contribution in [0.2, 0.25) is 0 Å². The minimum atomic E-state index is 0.866. The fourth-order valence-corrected chi connectivity index (χ4v) is 2.00. The molecule has 0 aliphatic rings. The van der Waals surface area contributed by atoms with E-state index in [0.717, 1.165) is 21.2 Å². The quantitative estimate of drug-likeness (QED) is 0.662. The van der Waals surface area contributed by atoms with Gasteiger partial charge in [-0.2, -0.15) is 0 Å². The number of hydrogen-bond acceptors (Lipinski definition) is 2. The van der Waals surface area contributed by atoms with Crippen LogP contribution in [0.4, 0.5) is 0 Å². The molecule has 0 amide bonds. The zero-order valence-electron chi connectivity index (χ0n) is 8.35. The molecule has 2 nitrogen and oxygen atoms in total. The molecule has 0 radical (unpaired) electrons. The first-order chi connectivity index (χ1) is 7.83. The molecule has 78 valence electrons. The van der Waals surface area contributed by atoms with Crippen molar-refractivity contribution >= 4 is 26.7 Å². The Bertz CT molecular complexity index is 645. The molecule has 0 aliphatic carbocycles. The summed E-state index contributed by atoms with van der Waals surface area (Å²) in [4.78, 5) is 4.09. The number of rotatable bonds is 1. The van der Waals surface area contributed by atoms with Crippen LogP contribution in [0.25, 0.3) is 22.1 Å². The zero-order chi connectivity index (χ0) is 11.0. The number of aromatic nitrogens is 1. The van der Waals surface area contributed by atoms with Crippen molar-refractivity contribution in [3.8, 4) is 11.3 Å². The highest BCUT2D eigenvalue weighted by atomic mass is 79.9. The highest BCUT2D eigenvalue weighted by Gasteiger charge is 2.03. The van der Waals surface area contributed by atoms with Crippen LogP contribution >= 0.6 is 15.9 Å². The lowest BCUT2D eigenvalue weighted by atomic mass is 10.1. The van der Waals surface area contributed by atoms with Gasteiger partial charge in [-0.1, -0.05) is 12.1 Å². The Labute approximate surface area is 101 Å². The maximum absolute atomic E-state index is 5.44. The first kappa shape index (κ1) is 9.60. The Morgan fingerprint density at radius 3 is 2.81 bits per heavy atom. The molecule has 0 bridgehead atoms. The van der Waals surface area contributed by atoms with Gasteiger partial charge >= 0.3 is 0 Å². The molecule has 3 heteroatoms. The Kier molecular flexibility index (Phi) is 2.26. The number of furan rings is 1. The van der Waals surface area contributed by atoms with Crippen molar-refractivity contribution in [3.05, 3.63) is 53.5 Å². The van der Waals surface area contributed by atoms with Crippen molar-refractivity contribution in [2.24, 2.45) is 0 Å². The summed E-state index contributed by atoms with van der Waals surface area (Å²) in [6, 6.07) is 10.1. The van der Waals surface area contributed by atoms with E-state index in [-0.39, 0.29) is 0 Å². The highest BCUT2D eigenvalue weighted by Crippen LogP contribution is 2.27. The van der Waals surface area contributed by atoms with E-state index in [2.05, 4.69) is 27.0 Å². The average molecular weight is 274 g/mol. The molecule has 3 rings (SSSR count). The third kappa shape index (κ3) is 1.63. The molecule has 3 aromatic rings. The molecule has 1 aromatic carbocycles. The highest BCUT2D eigenvalue weighted by molar-refractivity contribution is 9.10. The minimum absolute atomic E-state index is 0.866. The number of benzene rings is 1. The van der Waals surface area contributed by atoms with Crippen molar-refractivity contribution in [2.75, 3.05) is 0 Å². The van der Waals surface area contributed by atoms with Crippen molar-refractivity contribution in [1.29, 1.82) is 0 Å². The van der Waals surface area contributed by atoms with E-state index < -0.39 is 0 Å². The Hall–Kier alpha value is -1.61. The van der Waals surface area contributed by atoms with E-state index in [0.29, 0.717) is 0 Å². The molecule has 0 atom stereocenters. The van der Waals surface area contributed by atoms with Crippen LogP contribution in [0.1, 0.15) is 0 Å². The third-order valence-electron chi connectivity index (χ3n) is 2.49. The molecule has 2 aromatic heterocycles. The summed E-state index contributed by atoms with van der Waals surface area (Å²) in [7, 11) is 0. The minimum Gasteiger partial charge on any atom is -0.463 e. The van der Waals surface area contributed by atoms with Gasteiger partial charge in [0.1, 0.15) is 12.0 Å². The molecule has 0 N–H and O–H groups in total. The first-order valence-corrected chi connectivity index (χ1v) is 5.70. The van der Waals surface area contributed by atoms with Gasteiger partial charge in [0.2, 0.25) is 0 Å². The van der Waals surface area contributed by atoms with Gasteiger partial charge in [-0.25, -0.2) is 0 Å². The van der Waals surface area contributed by atoms with E-state index in [1.54, 1.807) is 12.5 Å². The van der Waals surface area contributed by atoms with Gasteiger partial charge in [0, 0.05) is 23.3 Å². The summed E-state index contributed by atoms with van der Waals surface area (Å²) in [5.41, 5.74) is 1.07. The zero-order valence-corrected chi connectivity index (χ0v) is 9.94. The van der Waals surface area contributed by atoms with Crippen LogP contribution in [0.15, 0.2) is 57.9 Å². The van der Waals surface area contributed by atoms with E-state index >= 15 is 0 Å². The predicted octanol–water partition coefficient (Wildman–Crippen LogP) is 4.26. The fourth-order valence-electron chi connectivity index (χ4n) is 1.70. The summed E-state index contributed by atoms with van der Waals surface area (Å²) in [5.74, 6) is 0.866. The van der Waals surface area contributed by atoms with Gasteiger partial charge < -0.3 is 4.42 Å². The monoisotopic (exact) mass is 273 g/mol. The molecule has 0 unspecified atom stereocenters. The first-order valence-electron chi connectivity index (χ1n) is 4.91. The van der Waals surface area contributed by atoms with Crippen LogP contribution in [0, 0.1) is 0 Å². The Morgan fingerprint density at radius 1 is 1.06 bits per heavy atom. The van der Waals surface area contributed by atoms with Crippen LogP contribution in [0.5, 0.6) is 0 Å².